The number of aryl methyl sites for hydroxylation is 1. The van der Waals surface area contributed by atoms with Gasteiger partial charge < -0.3 is 4.74 Å². The molecule has 0 unspecified atom stereocenters. The number of rotatable bonds is 1. The fourth-order valence-electron chi connectivity index (χ4n) is 1.52. The Morgan fingerprint density at radius 3 is 3.25 bits per heavy atom. The number of aromatic nitrogens is 2. The first kappa shape index (κ1) is 8.26. The molecule has 66 valence electrons. The molecule has 0 saturated carbocycles. The zero-order valence-corrected chi connectivity index (χ0v) is 8.60. The Bertz CT molecular complexity index is 295. The fourth-order valence-corrected chi connectivity index (χ4v) is 2.13. The third-order valence-corrected chi connectivity index (χ3v) is 2.79. The molecule has 0 fully saturated rings. The standard InChI is InChI=1S/C8H11BrN2O/c1-2-11-7-5-12-4-3-6(7)8(9)10-11/h2-5H2,1H3. The van der Waals surface area contributed by atoms with Crippen LogP contribution in [0.4, 0.5) is 0 Å². The lowest BCUT2D eigenvalue weighted by atomic mass is 10.1. The van der Waals surface area contributed by atoms with Crippen LogP contribution in [0.3, 0.4) is 0 Å². The van der Waals surface area contributed by atoms with Crippen LogP contribution in [0.5, 0.6) is 0 Å². The van der Waals surface area contributed by atoms with E-state index < -0.39 is 0 Å². The zero-order valence-electron chi connectivity index (χ0n) is 7.01. The van der Waals surface area contributed by atoms with Gasteiger partial charge in [-0.25, -0.2) is 0 Å². The summed E-state index contributed by atoms with van der Waals surface area (Å²) < 4.78 is 8.36. The van der Waals surface area contributed by atoms with Gasteiger partial charge in [-0.05, 0) is 22.9 Å². The molecule has 1 aromatic heterocycles. The molecule has 0 saturated heterocycles. The fraction of sp³-hybridized carbons (Fsp3) is 0.625. The smallest absolute Gasteiger partial charge is 0.131 e. The van der Waals surface area contributed by atoms with Gasteiger partial charge in [0, 0.05) is 18.5 Å². The van der Waals surface area contributed by atoms with E-state index in [1.165, 1.54) is 11.3 Å². The van der Waals surface area contributed by atoms with Crippen molar-refractivity contribution < 1.29 is 4.74 Å². The molecule has 12 heavy (non-hydrogen) atoms. The van der Waals surface area contributed by atoms with Crippen LogP contribution in [-0.2, 0) is 24.3 Å². The maximum Gasteiger partial charge on any atom is 0.131 e. The molecular weight excluding hydrogens is 220 g/mol. The molecule has 0 atom stereocenters. The molecule has 0 spiro atoms. The summed E-state index contributed by atoms with van der Waals surface area (Å²) in [6.45, 7) is 4.54. The second-order valence-electron chi connectivity index (χ2n) is 2.83. The zero-order chi connectivity index (χ0) is 8.55. The summed E-state index contributed by atoms with van der Waals surface area (Å²) in [5.41, 5.74) is 2.55. The number of fused-ring (bicyclic) bond motifs is 1. The molecule has 0 aromatic carbocycles. The highest BCUT2D eigenvalue weighted by molar-refractivity contribution is 9.10. The van der Waals surface area contributed by atoms with Crippen molar-refractivity contribution in [2.45, 2.75) is 26.5 Å². The van der Waals surface area contributed by atoms with E-state index in [-0.39, 0.29) is 0 Å². The summed E-state index contributed by atoms with van der Waals surface area (Å²) in [6.07, 6.45) is 0.982. The van der Waals surface area contributed by atoms with E-state index in [9.17, 15) is 0 Å². The molecule has 2 rings (SSSR count). The van der Waals surface area contributed by atoms with Crippen LogP contribution in [0.25, 0.3) is 0 Å². The quantitative estimate of drug-likeness (QED) is 0.736. The van der Waals surface area contributed by atoms with Crippen molar-refractivity contribution in [3.63, 3.8) is 0 Å². The van der Waals surface area contributed by atoms with Gasteiger partial charge in [-0.3, -0.25) is 4.68 Å². The van der Waals surface area contributed by atoms with Gasteiger partial charge in [0.25, 0.3) is 0 Å². The summed E-state index contributed by atoms with van der Waals surface area (Å²) in [5, 5.41) is 4.36. The molecule has 0 radical (unpaired) electrons. The average Bonchev–Trinajstić information content (AvgIpc) is 2.44. The molecule has 3 nitrogen and oxygen atoms in total. The molecule has 1 aromatic rings. The highest BCUT2D eigenvalue weighted by Crippen LogP contribution is 2.24. The summed E-state index contributed by atoms with van der Waals surface area (Å²) >= 11 is 3.46. The third-order valence-electron chi connectivity index (χ3n) is 2.15. The lowest BCUT2D eigenvalue weighted by molar-refractivity contribution is 0.104. The van der Waals surface area contributed by atoms with Crippen LogP contribution in [0.2, 0.25) is 0 Å². The molecule has 0 bridgehead atoms. The second-order valence-corrected chi connectivity index (χ2v) is 3.59. The number of hydrogen-bond donors (Lipinski definition) is 0. The minimum atomic E-state index is 0.710. The van der Waals surface area contributed by atoms with Crippen LogP contribution >= 0.6 is 15.9 Å². The van der Waals surface area contributed by atoms with Crippen molar-refractivity contribution in [2.24, 2.45) is 0 Å². The van der Waals surface area contributed by atoms with E-state index in [1.54, 1.807) is 0 Å². The Morgan fingerprint density at radius 1 is 1.67 bits per heavy atom. The third kappa shape index (κ3) is 1.19. The average molecular weight is 231 g/mol. The summed E-state index contributed by atoms with van der Waals surface area (Å²) in [5.74, 6) is 0. The monoisotopic (exact) mass is 230 g/mol. The van der Waals surface area contributed by atoms with E-state index in [1.807, 2.05) is 4.68 Å². The van der Waals surface area contributed by atoms with Crippen molar-refractivity contribution >= 4 is 15.9 Å². The van der Waals surface area contributed by atoms with Crippen LogP contribution in [0, 0.1) is 0 Å². The van der Waals surface area contributed by atoms with Gasteiger partial charge in [0.05, 0.1) is 18.9 Å². The summed E-state index contributed by atoms with van der Waals surface area (Å²) in [6, 6.07) is 0. The second kappa shape index (κ2) is 3.18. The molecule has 1 aliphatic rings. The molecule has 2 heterocycles. The highest BCUT2D eigenvalue weighted by atomic mass is 79.9. The summed E-state index contributed by atoms with van der Waals surface area (Å²) in [4.78, 5) is 0. The predicted octanol–water partition coefficient (Wildman–Crippen LogP) is 1.74. The SMILES string of the molecule is CCn1nc(Br)c2c1COCC2. The lowest BCUT2D eigenvalue weighted by Crippen LogP contribution is -2.12. The first-order valence-corrected chi connectivity index (χ1v) is 4.94. The highest BCUT2D eigenvalue weighted by Gasteiger charge is 2.18. The van der Waals surface area contributed by atoms with Gasteiger partial charge in [0.2, 0.25) is 0 Å². The van der Waals surface area contributed by atoms with E-state index in [0.717, 1.165) is 24.2 Å². The Hall–Kier alpha value is -0.350. The minimum absolute atomic E-state index is 0.710. The number of halogens is 1. The van der Waals surface area contributed by atoms with E-state index >= 15 is 0 Å². The number of hydrogen-bond acceptors (Lipinski definition) is 2. The Labute approximate surface area is 79.8 Å². The molecular formula is C8H11BrN2O. The van der Waals surface area contributed by atoms with E-state index in [4.69, 9.17) is 4.74 Å². The first-order chi connectivity index (χ1) is 5.83. The maximum absolute atomic E-state index is 5.37. The van der Waals surface area contributed by atoms with Crippen molar-refractivity contribution in [3.8, 4) is 0 Å². The Morgan fingerprint density at radius 2 is 2.50 bits per heavy atom. The van der Waals surface area contributed by atoms with Crippen molar-refractivity contribution in [1.29, 1.82) is 0 Å². The van der Waals surface area contributed by atoms with Gasteiger partial charge in [-0.1, -0.05) is 0 Å². The van der Waals surface area contributed by atoms with Crippen molar-refractivity contribution in [2.75, 3.05) is 6.61 Å². The Balaban J connectivity index is 2.47. The first-order valence-electron chi connectivity index (χ1n) is 4.14. The molecule has 0 N–H and O–H groups in total. The van der Waals surface area contributed by atoms with Gasteiger partial charge in [0.1, 0.15) is 4.60 Å². The van der Waals surface area contributed by atoms with E-state index in [2.05, 4.69) is 28.0 Å². The lowest BCUT2D eigenvalue weighted by Gasteiger charge is -2.13. The Kier molecular flexibility index (Phi) is 2.19. The van der Waals surface area contributed by atoms with Gasteiger partial charge in [-0.15, -0.1) is 0 Å². The van der Waals surface area contributed by atoms with Crippen LogP contribution in [0.1, 0.15) is 18.2 Å². The van der Waals surface area contributed by atoms with Gasteiger partial charge in [-0.2, -0.15) is 5.10 Å². The minimum Gasteiger partial charge on any atom is -0.375 e. The van der Waals surface area contributed by atoms with Gasteiger partial charge in [0.15, 0.2) is 0 Å². The van der Waals surface area contributed by atoms with Crippen LogP contribution < -0.4 is 0 Å². The van der Waals surface area contributed by atoms with Crippen molar-refractivity contribution in [1.82, 2.24) is 9.78 Å². The van der Waals surface area contributed by atoms with Crippen LogP contribution in [0.15, 0.2) is 4.60 Å². The van der Waals surface area contributed by atoms with Crippen LogP contribution in [-0.4, -0.2) is 16.4 Å². The van der Waals surface area contributed by atoms with Crippen molar-refractivity contribution in [3.05, 3.63) is 15.9 Å². The van der Waals surface area contributed by atoms with Gasteiger partial charge >= 0.3 is 0 Å². The molecule has 1 aliphatic heterocycles. The maximum atomic E-state index is 5.37. The molecule has 0 amide bonds. The number of nitrogens with zero attached hydrogens (tertiary/aromatic N) is 2. The van der Waals surface area contributed by atoms with E-state index in [0.29, 0.717) is 6.61 Å². The molecule has 0 aliphatic carbocycles. The molecule has 4 heteroatoms. The largest absolute Gasteiger partial charge is 0.375 e. The number of ether oxygens (including phenoxy) is 1. The topological polar surface area (TPSA) is 27.1 Å². The predicted molar refractivity (Wildman–Crippen MR) is 49.0 cm³/mol. The summed E-state index contributed by atoms with van der Waals surface area (Å²) in [7, 11) is 0. The normalized spacial score (nSPS) is 16.2.